The number of benzene rings is 1. The summed E-state index contributed by atoms with van der Waals surface area (Å²) in [6.45, 7) is 8.12. The number of Topliss-reactive ketones (excluding diaryl/α,β-unsaturated/α-hetero) is 1. The summed E-state index contributed by atoms with van der Waals surface area (Å²) in [5, 5.41) is 9.31. The second-order valence-electron chi connectivity index (χ2n) is 6.65. The van der Waals surface area contributed by atoms with Gasteiger partial charge in [-0.25, -0.2) is 0 Å². The maximum absolute atomic E-state index is 12.6. The minimum atomic E-state index is -0.824. The normalized spacial score (nSPS) is 25.0. The molecule has 0 heterocycles. The van der Waals surface area contributed by atoms with Crippen LogP contribution in [0.3, 0.4) is 0 Å². The number of hydrogen-bond donors (Lipinski definition) is 1. The van der Waals surface area contributed by atoms with Crippen LogP contribution in [0, 0.1) is 38.5 Å². The van der Waals surface area contributed by atoms with E-state index in [1.807, 2.05) is 27.7 Å². The number of ketones is 1. The van der Waals surface area contributed by atoms with E-state index in [2.05, 4.69) is 12.1 Å². The van der Waals surface area contributed by atoms with Crippen LogP contribution in [-0.2, 0) is 16.0 Å². The van der Waals surface area contributed by atoms with Crippen molar-refractivity contribution in [1.82, 2.24) is 0 Å². The van der Waals surface area contributed by atoms with Gasteiger partial charge in [0.2, 0.25) is 0 Å². The van der Waals surface area contributed by atoms with E-state index in [0.717, 1.165) is 16.7 Å². The van der Waals surface area contributed by atoms with Gasteiger partial charge in [0.25, 0.3) is 0 Å². The van der Waals surface area contributed by atoms with E-state index in [-0.39, 0.29) is 11.7 Å². The smallest absolute Gasteiger partial charge is 0.307 e. The summed E-state index contributed by atoms with van der Waals surface area (Å²) in [6.07, 6.45) is 1.69. The van der Waals surface area contributed by atoms with Crippen molar-refractivity contribution in [1.29, 1.82) is 0 Å². The zero-order valence-electron chi connectivity index (χ0n) is 13.3. The van der Waals surface area contributed by atoms with Crippen LogP contribution in [0.25, 0.3) is 0 Å². The molecule has 0 spiro atoms. The predicted octanol–water partition coefficient (Wildman–Crippen LogP) is 3.47. The molecule has 3 heteroatoms. The van der Waals surface area contributed by atoms with Gasteiger partial charge in [0, 0.05) is 12.3 Å². The molecule has 0 bridgehead atoms. The molecule has 114 valence electrons. The van der Waals surface area contributed by atoms with E-state index in [1.165, 1.54) is 5.56 Å². The number of carboxylic acids is 1. The van der Waals surface area contributed by atoms with Crippen molar-refractivity contribution in [2.24, 2.45) is 17.8 Å². The zero-order chi connectivity index (χ0) is 15.7. The molecule has 1 aromatic rings. The van der Waals surface area contributed by atoms with Gasteiger partial charge in [-0.2, -0.15) is 0 Å². The molecular formula is C18H24O3. The molecular weight excluding hydrogens is 264 g/mol. The Labute approximate surface area is 126 Å². The molecule has 0 amide bonds. The summed E-state index contributed by atoms with van der Waals surface area (Å²) in [7, 11) is 0. The van der Waals surface area contributed by atoms with Crippen LogP contribution in [-0.4, -0.2) is 16.9 Å². The molecule has 0 aliphatic heterocycles. The van der Waals surface area contributed by atoms with Crippen LogP contribution in [0.4, 0.5) is 0 Å². The lowest BCUT2D eigenvalue weighted by Gasteiger charge is -2.17. The van der Waals surface area contributed by atoms with Crippen molar-refractivity contribution < 1.29 is 14.7 Å². The van der Waals surface area contributed by atoms with Crippen molar-refractivity contribution in [2.75, 3.05) is 0 Å². The number of aryl methyl sites for hydroxylation is 3. The number of rotatable bonds is 4. The van der Waals surface area contributed by atoms with Crippen LogP contribution >= 0.6 is 0 Å². The highest BCUT2D eigenvalue weighted by Crippen LogP contribution is 2.37. The second kappa shape index (κ2) is 6.00. The maximum atomic E-state index is 12.6. The Morgan fingerprint density at radius 2 is 1.62 bits per heavy atom. The van der Waals surface area contributed by atoms with E-state index < -0.39 is 11.9 Å². The molecule has 1 aliphatic carbocycles. The Hall–Kier alpha value is -1.64. The first kappa shape index (κ1) is 15.7. The highest BCUT2D eigenvalue weighted by Gasteiger charge is 2.40. The lowest BCUT2D eigenvalue weighted by molar-refractivity contribution is -0.145. The standard InChI is InChI=1S/C18H24O3/c1-10-5-12(3)14(13(4)6-10)9-17(19)15-7-11(2)8-16(15)18(20)21/h5-6,11,15-16H,7-9H2,1-4H3,(H,20,21). The number of carbonyl (C=O) groups excluding carboxylic acids is 1. The fourth-order valence-electron chi connectivity index (χ4n) is 3.71. The minimum Gasteiger partial charge on any atom is -0.481 e. The molecule has 21 heavy (non-hydrogen) atoms. The van der Waals surface area contributed by atoms with E-state index in [0.29, 0.717) is 25.2 Å². The lowest BCUT2D eigenvalue weighted by atomic mass is 9.86. The largest absolute Gasteiger partial charge is 0.481 e. The quantitative estimate of drug-likeness (QED) is 0.923. The SMILES string of the molecule is Cc1cc(C)c(CC(=O)C2CC(C)CC2C(=O)O)c(C)c1. The highest BCUT2D eigenvalue weighted by atomic mass is 16.4. The molecule has 0 saturated heterocycles. The van der Waals surface area contributed by atoms with Crippen LogP contribution < -0.4 is 0 Å². The van der Waals surface area contributed by atoms with Crippen molar-refractivity contribution in [3.63, 3.8) is 0 Å². The van der Waals surface area contributed by atoms with E-state index in [1.54, 1.807) is 0 Å². The zero-order valence-corrected chi connectivity index (χ0v) is 13.3. The molecule has 2 rings (SSSR count). The molecule has 0 aromatic heterocycles. The van der Waals surface area contributed by atoms with Crippen molar-refractivity contribution in [2.45, 2.75) is 47.0 Å². The minimum absolute atomic E-state index is 0.0850. The summed E-state index contributed by atoms with van der Waals surface area (Å²) < 4.78 is 0. The monoisotopic (exact) mass is 288 g/mol. The number of carbonyl (C=O) groups is 2. The van der Waals surface area contributed by atoms with Gasteiger partial charge in [0.15, 0.2) is 0 Å². The number of aliphatic carboxylic acids is 1. The molecule has 1 aliphatic rings. The van der Waals surface area contributed by atoms with Crippen molar-refractivity contribution >= 4 is 11.8 Å². The fraction of sp³-hybridized carbons (Fsp3) is 0.556. The van der Waals surface area contributed by atoms with Gasteiger partial charge in [-0.1, -0.05) is 24.6 Å². The molecule has 3 unspecified atom stereocenters. The number of carboxylic acid groups (broad SMARTS) is 1. The third-order valence-corrected chi connectivity index (χ3v) is 4.72. The molecule has 1 saturated carbocycles. The molecule has 3 nitrogen and oxygen atoms in total. The van der Waals surface area contributed by atoms with Gasteiger partial charge >= 0.3 is 5.97 Å². The fourth-order valence-corrected chi connectivity index (χ4v) is 3.71. The molecule has 3 atom stereocenters. The van der Waals surface area contributed by atoms with Gasteiger partial charge in [-0.05, 0) is 56.2 Å². The molecule has 1 fully saturated rings. The van der Waals surface area contributed by atoms with Gasteiger partial charge in [0.05, 0.1) is 5.92 Å². The third kappa shape index (κ3) is 3.34. The average molecular weight is 288 g/mol. The first-order chi connectivity index (χ1) is 9.79. The van der Waals surface area contributed by atoms with Gasteiger partial charge < -0.3 is 5.11 Å². The van der Waals surface area contributed by atoms with Crippen molar-refractivity contribution in [3.05, 3.63) is 34.4 Å². The van der Waals surface area contributed by atoms with Crippen LogP contribution in [0.15, 0.2) is 12.1 Å². The topological polar surface area (TPSA) is 54.4 Å². The number of hydrogen-bond acceptors (Lipinski definition) is 2. The van der Waals surface area contributed by atoms with E-state index in [4.69, 9.17) is 0 Å². The first-order valence-corrected chi connectivity index (χ1v) is 7.61. The molecule has 0 radical (unpaired) electrons. The van der Waals surface area contributed by atoms with Crippen LogP contribution in [0.2, 0.25) is 0 Å². The van der Waals surface area contributed by atoms with Crippen LogP contribution in [0.1, 0.15) is 42.0 Å². The molecule has 1 aromatic carbocycles. The van der Waals surface area contributed by atoms with E-state index >= 15 is 0 Å². The Morgan fingerprint density at radius 1 is 1.10 bits per heavy atom. The van der Waals surface area contributed by atoms with Crippen molar-refractivity contribution in [3.8, 4) is 0 Å². The Morgan fingerprint density at radius 3 is 2.14 bits per heavy atom. The molecule has 1 N–H and O–H groups in total. The summed E-state index contributed by atoms with van der Waals surface area (Å²) >= 11 is 0. The average Bonchev–Trinajstić information content (AvgIpc) is 2.76. The van der Waals surface area contributed by atoms with Gasteiger partial charge in [-0.15, -0.1) is 0 Å². The maximum Gasteiger partial charge on any atom is 0.307 e. The summed E-state index contributed by atoms with van der Waals surface area (Å²) in [5.74, 6) is -1.24. The summed E-state index contributed by atoms with van der Waals surface area (Å²) in [6, 6.07) is 4.17. The highest BCUT2D eigenvalue weighted by molar-refractivity contribution is 5.88. The second-order valence-corrected chi connectivity index (χ2v) is 6.65. The third-order valence-electron chi connectivity index (χ3n) is 4.72. The van der Waals surface area contributed by atoms with Crippen LogP contribution in [0.5, 0.6) is 0 Å². The predicted molar refractivity (Wildman–Crippen MR) is 82.4 cm³/mol. The Bertz CT molecular complexity index is 551. The Kier molecular flexibility index (Phi) is 4.50. The van der Waals surface area contributed by atoms with Gasteiger partial charge in [0.1, 0.15) is 5.78 Å². The summed E-state index contributed by atoms with van der Waals surface area (Å²) in [4.78, 5) is 23.9. The lowest BCUT2D eigenvalue weighted by Crippen LogP contribution is -2.26. The van der Waals surface area contributed by atoms with Gasteiger partial charge in [-0.3, -0.25) is 9.59 Å². The Balaban J connectivity index is 2.20. The van der Waals surface area contributed by atoms with E-state index in [9.17, 15) is 14.7 Å². The summed E-state index contributed by atoms with van der Waals surface area (Å²) in [5.41, 5.74) is 4.51. The first-order valence-electron chi connectivity index (χ1n) is 7.61.